The van der Waals surface area contributed by atoms with Gasteiger partial charge in [0.1, 0.15) is 0 Å². The van der Waals surface area contributed by atoms with Gasteiger partial charge in [0, 0.05) is 10.5 Å². The fourth-order valence-electron chi connectivity index (χ4n) is 0.868. The van der Waals surface area contributed by atoms with E-state index in [1.165, 1.54) is 0 Å². The molecule has 11 heavy (non-hydrogen) atoms. The van der Waals surface area contributed by atoms with Crippen LogP contribution in [0.15, 0.2) is 23.1 Å². The molecule has 0 unspecified atom stereocenters. The Bertz CT molecular complexity index is 296. The lowest BCUT2D eigenvalue weighted by atomic mass is 10.1. The second-order valence-corrected chi connectivity index (χ2v) is 3.13. The third kappa shape index (κ3) is 1.98. The topological polar surface area (TPSA) is 17.1 Å². The van der Waals surface area contributed by atoms with Crippen LogP contribution in [-0.4, -0.2) is 5.24 Å². The molecule has 0 atom stereocenters. The number of hydrogen-bond acceptors (Lipinski definition) is 2. The maximum absolute atomic E-state index is 10.7. The van der Waals surface area contributed by atoms with Crippen molar-refractivity contribution in [3.8, 4) is 0 Å². The standard InChI is InChI=1S/C8H7ClOS/c1-5-4-6(11)2-3-7(5)8(9)10/h2-4,11H,1H3. The largest absolute Gasteiger partial charge is 0.276 e. The number of benzene rings is 1. The molecule has 0 N–H and O–H groups in total. The van der Waals surface area contributed by atoms with Crippen molar-refractivity contribution in [3.05, 3.63) is 29.3 Å². The fraction of sp³-hybridized carbons (Fsp3) is 0.125. The second-order valence-electron chi connectivity index (χ2n) is 2.27. The van der Waals surface area contributed by atoms with Crippen molar-refractivity contribution in [1.29, 1.82) is 0 Å². The van der Waals surface area contributed by atoms with E-state index in [-0.39, 0.29) is 0 Å². The first-order valence-corrected chi connectivity index (χ1v) is 3.93. The number of thiol groups is 1. The summed E-state index contributed by atoms with van der Waals surface area (Å²) in [6, 6.07) is 5.22. The molecule has 0 saturated carbocycles. The summed E-state index contributed by atoms with van der Waals surface area (Å²) < 4.78 is 0. The molecule has 0 aliphatic carbocycles. The predicted octanol–water partition coefficient (Wildman–Crippen LogP) is 2.66. The van der Waals surface area contributed by atoms with Gasteiger partial charge in [0.15, 0.2) is 0 Å². The molecule has 1 aromatic carbocycles. The van der Waals surface area contributed by atoms with E-state index in [9.17, 15) is 4.79 Å². The maximum Gasteiger partial charge on any atom is 0.252 e. The van der Waals surface area contributed by atoms with Gasteiger partial charge in [-0.25, -0.2) is 0 Å². The average molecular weight is 187 g/mol. The van der Waals surface area contributed by atoms with Crippen molar-refractivity contribution in [3.63, 3.8) is 0 Å². The molecule has 0 aromatic heterocycles. The van der Waals surface area contributed by atoms with E-state index in [1.54, 1.807) is 18.2 Å². The monoisotopic (exact) mass is 186 g/mol. The summed E-state index contributed by atoms with van der Waals surface area (Å²) >= 11 is 9.41. The van der Waals surface area contributed by atoms with E-state index in [4.69, 9.17) is 11.6 Å². The maximum atomic E-state index is 10.7. The molecule has 1 aromatic rings. The number of halogens is 1. The highest BCUT2D eigenvalue weighted by Crippen LogP contribution is 2.15. The van der Waals surface area contributed by atoms with Crippen LogP contribution in [0.1, 0.15) is 15.9 Å². The van der Waals surface area contributed by atoms with Gasteiger partial charge in [-0.15, -0.1) is 12.6 Å². The molecular formula is C8H7ClOS. The number of hydrogen-bond donors (Lipinski definition) is 1. The molecule has 0 heterocycles. The Labute approximate surface area is 75.8 Å². The highest BCUT2D eigenvalue weighted by Gasteiger charge is 2.04. The zero-order valence-corrected chi connectivity index (χ0v) is 7.62. The van der Waals surface area contributed by atoms with Gasteiger partial charge in [0.05, 0.1) is 0 Å². The minimum absolute atomic E-state index is 0.421. The number of carbonyl (C=O) groups is 1. The van der Waals surface area contributed by atoms with Crippen LogP contribution in [-0.2, 0) is 0 Å². The van der Waals surface area contributed by atoms with Crippen molar-refractivity contribution in [1.82, 2.24) is 0 Å². The minimum atomic E-state index is -0.421. The van der Waals surface area contributed by atoms with Gasteiger partial charge in [-0.2, -0.15) is 0 Å². The van der Waals surface area contributed by atoms with Crippen molar-refractivity contribution < 1.29 is 4.79 Å². The smallest absolute Gasteiger partial charge is 0.252 e. The molecule has 0 spiro atoms. The number of carbonyl (C=O) groups excluding carboxylic acids is 1. The molecule has 1 rings (SSSR count). The number of aryl methyl sites for hydroxylation is 1. The Morgan fingerprint density at radius 3 is 2.64 bits per heavy atom. The van der Waals surface area contributed by atoms with E-state index in [2.05, 4.69) is 12.6 Å². The highest BCUT2D eigenvalue weighted by molar-refractivity contribution is 7.80. The van der Waals surface area contributed by atoms with E-state index in [1.807, 2.05) is 6.92 Å². The zero-order chi connectivity index (χ0) is 8.43. The van der Waals surface area contributed by atoms with Crippen LogP contribution in [0.3, 0.4) is 0 Å². The summed E-state index contributed by atoms with van der Waals surface area (Å²) in [7, 11) is 0. The summed E-state index contributed by atoms with van der Waals surface area (Å²) in [5.41, 5.74) is 1.40. The van der Waals surface area contributed by atoms with Crippen molar-refractivity contribution in [2.24, 2.45) is 0 Å². The molecule has 0 bridgehead atoms. The molecule has 0 fully saturated rings. The summed E-state index contributed by atoms with van der Waals surface area (Å²) in [4.78, 5) is 11.6. The van der Waals surface area contributed by atoms with E-state index < -0.39 is 5.24 Å². The molecule has 0 aliphatic heterocycles. The van der Waals surface area contributed by atoms with Crippen molar-refractivity contribution in [2.75, 3.05) is 0 Å². The van der Waals surface area contributed by atoms with Crippen LogP contribution in [0.4, 0.5) is 0 Å². The highest BCUT2D eigenvalue weighted by atomic mass is 35.5. The van der Waals surface area contributed by atoms with Crippen molar-refractivity contribution in [2.45, 2.75) is 11.8 Å². The lowest BCUT2D eigenvalue weighted by Crippen LogP contribution is -1.92. The second kappa shape index (κ2) is 3.28. The fourth-order valence-corrected chi connectivity index (χ4v) is 1.35. The van der Waals surface area contributed by atoms with Crippen LogP contribution in [0.2, 0.25) is 0 Å². The Morgan fingerprint density at radius 1 is 1.55 bits per heavy atom. The Morgan fingerprint density at radius 2 is 2.18 bits per heavy atom. The van der Waals surface area contributed by atoms with Crippen LogP contribution in [0, 0.1) is 6.92 Å². The SMILES string of the molecule is Cc1cc(S)ccc1C(=O)Cl. The Kier molecular flexibility index (Phi) is 2.58. The van der Waals surface area contributed by atoms with Gasteiger partial charge >= 0.3 is 0 Å². The predicted molar refractivity (Wildman–Crippen MR) is 48.6 cm³/mol. The van der Waals surface area contributed by atoms with Gasteiger partial charge in [0.25, 0.3) is 5.24 Å². The quantitative estimate of drug-likeness (QED) is 0.527. The first-order chi connectivity index (χ1) is 5.11. The zero-order valence-electron chi connectivity index (χ0n) is 5.97. The van der Waals surface area contributed by atoms with Crippen LogP contribution in [0.25, 0.3) is 0 Å². The first-order valence-electron chi connectivity index (χ1n) is 3.10. The lowest BCUT2D eigenvalue weighted by molar-refractivity contribution is 0.108. The first kappa shape index (κ1) is 8.62. The summed E-state index contributed by atoms with van der Waals surface area (Å²) in [6.45, 7) is 1.83. The van der Waals surface area contributed by atoms with E-state index >= 15 is 0 Å². The molecule has 0 saturated heterocycles. The molecule has 1 nitrogen and oxygen atoms in total. The molecule has 58 valence electrons. The average Bonchev–Trinajstić information content (AvgIpc) is 1.85. The molecule has 0 amide bonds. The van der Waals surface area contributed by atoms with Crippen LogP contribution < -0.4 is 0 Å². The van der Waals surface area contributed by atoms with E-state index in [0.717, 1.165) is 10.5 Å². The summed E-state index contributed by atoms with van der Waals surface area (Å²) in [5, 5.41) is -0.421. The van der Waals surface area contributed by atoms with E-state index in [0.29, 0.717) is 5.56 Å². The van der Waals surface area contributed by atoms with Gasteiger partial charge in [-0.1, -0.05) is 0 Å². The van der Waals surface area contributed by atoms with Crippen molar-refractivity contribution >= 4 is 29.5 Å². The van der Waals surface area contributed by atoms with Gasteiger partial charge in [0.2, 0.25) is 0 Å². The summed E-state index contributed by atoms with van der Waals surface area (Å²) in [5.74, 6) is 0. The normalized spacial score (nSPS) is 9.73. The summed E-state index contributed by atoms with van der Waals surface area (Å²) in [6.07, 6.45) is 0. The van der Waals surface area contributed by atoms with Gasteiger partial charge in [-0.3, -0.25) is 4.79 Å². The number of rotatable bonds is 1. The lowest BCUT2D eigenvalue weighted by Gasteiger charge is -1.99. The van der Waals surface area contributed by atoms with Gasteiger partial charge < -0.3 is 0 Å². The molecular weight excluding hydrogens is 180 g/mol. The van der Waals surface area contributed by atoms with Crippen LogP contribution >= 0.6 is 24.2 Å². The Hall–Kier alpha value is -0.470. The van der Waals surface area contributed by atoms with Crippen LogP contribution in [0.5, 0.6) is 0 Å². The minimum Gasteiger partial charge on any atom is -0.276 e. The molecule has 3 heteroatoms. The third-order valence-electron chi connectivity index (χ3n) is 1.42. The Balaban J connectivity index is 3.20. The third-order valence-corrected chi connectivity index (χ3v) is 1.90. The molecule has 0 radical (unpaired) electrons. The van der Waals surface area contributed by atoms with Gasteiger partial charge in [-0.05, 0) is 42.3 Å². The molecule has 0 aliphatic rings.